The number of aryl methyl sites for hydroxylation is 1. The van der Waals surface area contributed by atoms with Gasteiger partial charge in [-0.25, -0.2) is 13.1 Å². The zero-order valence-corrected chi connectivity index (χ0v) is 17.3. The molecular weight excluding hydrogens is 402 g/mol. The highest BCUT2D eigenvalue weighted by Crippen LogP contribution is 2.24. The van der Waals surface area contributed by atoms with Gasteiger partial charge >= 0.3 is 0 Å². The van der Waals surface area contributed by atoms with Crippen molar-refractivity contribution >= 4 is 38.5 Å². The first-order valence-corrected chi connectivity index (χ1v) is 11.5. The second-order valence-corrected chi connectivity index (χ2v) is 9.64. The number of thiophene rings is 2. The van der Waals surface area contributed by atoms with Gasteiger partial charge in [-0.1, -0.05) is 6.07 Å². The predicted octanol–water partition coefficient (Wildman–Crippen LogP) is 4.23. The Kier molecular flexibility index (Phi) is 6.11. The van der Waals surface area contributed by atoms with Gasteiger partial charge in [-0.3, -0.25) is 4.79 Å². The molecule has 3 rings (SSSR count). The Balaban J connectivity index is 1.69. The summed E-state index contributed by atoms with van der Waals surface area (Å²) in [6.45, 7) is 4.35. The van der Waals surface area contributed by atoms with E-state index < -0.39 is 10.0 Å². The van der Waals surface area contributed by atoms with Gasteiger partial charge in [0.25, 0.3) is 0 Å². The first kappa shape index (κ1) is 19.8. The fraction of sp³-hybridized carbons (Fsp3) is 0.211. The molecule has 8 heteroatoms. The van der Waals surface area contributed by atoms with Crippen LogP contribution in [0.25, 0.3) is 0 Å². The average Bonchev–Trinajstić information content (AvgIpc) is 3.33. The van der Waals surface area contributed by atoms with E-state index in [0.717, 1.165) is 10.4 Å². The summed E-state index contributed by atoms with van der Waals surface area (Å²) in [5.41, 5.74) is 0.764. The summed E-state index contributed by atoms with van der Waals surface area (Å²) in [7, 11) is -3.65. The number of sulfonamides is 1. The molecule has 0 saturated heterocycles. The zero-order chi connectivity index (χ0) is 19.4. The van der Waals surface area contributed by atoms with E-state index in [1.54, 1.807) is 30.3 Å². The Bertz CT molecular complexity index is 1040. The van der Waals surface area contributed by atoms with Crippen LogP contribution >= 0.6 is 22.7 Å². The molecular formula is C19H19NO4S3. The highest BCUT2D eigenvalue weighted by Gasteiger charge is 2.17. The van der Waals surface area contributed by atoms with Crippen molar-refractivity contribution in [2.24, 2.45) is 0 Å². The molecule has 5 nitrogen and oxygen atoms in total. The van der Waals surface area contributed by atoms with Gasteiger partial charge in [-0.2, -0.15) is 0 Å². The summed E-state index contributed by atoms with van der Waals surface area (Å²) < 4.78 is 33.1. The number of ketones is 1. The van der Waals surface area contributed by atoms with Crippen LogP contribution in [0.5, 0.6) is 5.75 Å². The minimum atomic E-state index is -3.65. The van der Waals surface area contributed by atoms with Crippen LogP contribution in [0.1, 0.15) is 31.9 Å². The minimum absolute atomic E-state index is 0.0359. The first-order valence-electron chi connectivity index (χ1n) is 8.30. The first-order chi connectivity index (χ1) is 12.9. The number of ether oxygens (including phenoxy) is 1. The highest BCUT2D eigenvalue weighted by molar-refractivity contribution is 7.89. The van der Waals surface area contributed by atoms with Gasteiger partial charge in [0.15, 0.2) is 0 Å². The second-order valence-electron chi connectivity index (χ2n) is 5.76. The van der Waals surface area contributed by atoms with Crippen molar-refractivity contribution in [2.45, 2.75) is 25.3 Å². The Morgan fingerprint density at radius 2 is 1.96 bits per heavy atom. The van der Waals surface area contributed by atoms with Crippen LogP contribution in [-0.4, -0.2) is 20.8 Å². The van der Waals surface area contributed by atoms with Gasteiger partial charge in [0.1, 0.15) is 5.75 Å². The van der Waals surface area contributed by atoms with Crippen LogP contribution in [0.4, 0.5) is 0 Å². The lowest BCUT2D eigenvalue weighted by atomic mass is 10.2. The number of hydrogen-bond acceptors (Lipinski definition) is 6. The van der Waals surface area contributed by atoms with Gasteiger partial charge < -0.3 is 4.74 Å². The normalized spacial score (nSPS) is 11.5. The molecule has 1 aromatic carbocycles. The lowest BCUT2D eigenvalue weighted by Crippen LogP contribution is -2.22. The maximum Gasteiger partial charge on any atom is 0.240 e. The fourth-order valence-electron chi connectivity index (χ4n) is 2.48. The smallest absolute Gasteiger partial charge is 0.240 e. The molecule has 0 aliphatic rings. The van der Waals surface area contributed by atoms with Crippen LogP contribution < -0.4 is 9.46 Å². The third-order valence-corrected chi connectivity index (χ3v) is 7.17. The topological polar surface area (TPSA) is 72.5 Å². The highest BCUT2D eigenvalue weighted by atomic mass is 32.2. The van der Waals surface area contributed by atoms with Crippen LogP contribution in [0.2, 0.25) is 0 Å². The van der Waals surface area contributed by atoms with E-state index in [0.29, 0.717) is 22.1 Å². The zero-order valence-electron chi connectivity index (χ0n) is 14.9. The van der Waals surface area contributed by atoms with Crippen LogP contribution in [0, 0.1) is 6.92 Å². The predicted molar refractivity (Wildman–Crippen MR) is 108 cm³/mol. The lowest BCUT2D eigenvalue weighted by molar-refractivity contribution is 0.104. The van der Waals surface area contributed by atoms with Gasteiger partial charge in [0.2, 0.25) is 15.8 Å². The molecule has 0 bridgehead atoms. The number of rotatable bonds is 8. The fourth-order valence-corrected chi connectivity index (χ4v) is 5.31. The number of benzene rings is 1. The molecule has 0 atom stereocenters. The van der Waals surface area contributed by atoms with Crippen molar-refractivity contribution in [3.05, 3.63) is 68.0 Å². The van der Waals surface area contributed by atoms with Gasteiger partial charge in [0.05, 0.1) is 21.3 Å². The van der Waals surface area contributed by atoms with E-state index in [2.05, 4.69) is 4.72 Å². The molecule has 0 radical (unpaired) electrons. The SMILES string of the molecule is CCOc1ccc(S(=O)(=O)NCc2ccc(C(=O)c3cccs3)s2)cc1C. The summed E-state index contributed by atoms with van der Waals surface area (Å²) in [6.07, 6.45) is 0. The monoisotopic (exact) mass is 421 g/mol. The Morgan fingerprint density at radius 3 is 2.63 bits per heavy atom. The number of carbonyl (C=O) groups excluding carboxylic acids is 1. The Labute approximate surface area is 166 Å². The van der Waals surface area contributed by atoms with Crippen LogP contribution in [0.15, 0.2) is 52.7 Å². The van der Waals surface area contributed by atoms with Gasteiger partial charge in [-0.15, -0.1) is 22.7 Å². The largest absolute Gasteiger partial charge is 0.494 e. The molecule has 0 unspecified atom stereocenters. The molecule has 2 aromatic heterocycles. The molecule has 0 aliphatic carbocycles. The van der Waals surface area contributed by atoms with E-state index in [4.69, 9.17) is 4.74 Å². The Hall–Kier alpha value is -2.00. The van der Waals surface area contributed by atoms with Crippen molar-refractivity contribution in [3.63, 3.8) is 0 Å². The van der Waals surface area contributed by atoms with Crippen molar-refractivity contribution in [3.8, 4) is 5.75 Å². The molecule has 0 saturated carbocycles. The van der Waals surface area contributed by atoms with E-state index in [1.165, 1.54) is 28.7 Å². The molecule has 27 heavy (non-hydrogen) atoms. The third kappa shape index (κ3) is 4.65. The summed E-state index contributed by atoms with van der Waals surface area (Å²) >= 11 is 2.69. The molecule has 1 N–H and O–H groups in total. The number of carbonyl (C=O) groups is 1. The van der Waals surface area contributed by atoms with E-state index in [9.17, 15) is 13.2 Å². The average molecular weight is 422 g/mol. The Morgan fingerprint density at radius 1 is 1.15 bits per heavy atom. The van der Waals surface area contributed by atoms with Crippen molar-refractivity contribution in [2.75, 3.05) is 6.61 Å². The number of hydrogen-bond donors (Lipinski definition) is 1. The maximum atomic E-state index is 12.5. The van der Waals surface area contributed by atoms with Crippen molar-refractivity contribution in [1.29, 1.82) is 0 Å². The van der Waals surface area contributed by atoms with Gasteiger partial charge in [0, 0.05) is 11.4 Å². The van der Waals surface area contributed by atoms with Crippen LogP contribution in [-0.2, 0) is 16.6 Å². The van der Waals surface area contributed by atoms with Crippen molar-refractivity contribution in [1.82, 2.24) is 4.72 Å². The quantitative estimate of drug-likeness (QED) is 0.553. The van der Waals surface area contributed by atoms with Crippen LogP contribution in [0.3, 0.4) is 0 Å². The third-order valence-electron chi connectivity index (χ3n) is 3.82. The molecule has 2 heterocycles. The standard InChI is InChI=1S/C19H19NO4S3/c1-3-24-16-8-7-15(11-13(16)2)27(22,23)20-12-14-6-9-18(26-14)19(21)17-5-4-10-25-17/h4-11,20H,3,12H2,1-2H3. The summed E-state index contributed by atoms with van der Waals surface area (Å²) in [6, 6.07) is 11.9. The van der Waals surface area contributed by atoms with E-state index >= 15 is 0 Å². The molecule has 0 fully saturated rings. The van der Waals surface area contributed by atoms with Gasteiger partial charge in [-0.05, 0) is 61.2 Å². The minimum Gasteiger partial charge on any atom is -0.494 e. The molecule has 0 aliphatic heterocycles. The lowest BCUT2D eigenvalue weighted by Gasteiger charge is -2.10. The molecule has 0 spiro atoms. The summed E-state index contributed by atoms with van der Waals surface area (Å²) in [5.74, 6) is 0.637. The van der Waals surface area contributed by atoms with Crippen molar-refractivity contribution < 1.29 is 17.9 Å². The molecule has 3 aromatic rings. The second kappa shape index (κ2) is 8.35. The molecule has 142 valence electrons. The summed E-state index contributed by atoms with van der Waals surface area (Å²) in [5, 5.41) is 1.86. The maximum absolute atomic E-state index is 12.5. The van der Waals surface area contributed by atoms with E-state index in [1.807, 2.05) is 25.3 Å². The summed E-state index contributed by atoms with van der Waals surface area (Å²) in [4.78, 5) is 14.6. The number of nitrogens with one attached hydrogen (secondary N) is 1. The molecule has 0 amide bonds. The van der Waals surface area contributed by atoms with E-state index in [-0.39, 0.29) is 17.2 Å².